The summed E-state index contributed by atoms with van der Waals surface area (Å²) < 4.78 is 246. The first-order chi connectivity index (χ1) is 65.0. The fourth-order valence-electron chi connectivity index (χ4n) is 15.3. The number of nitrogens with one attached hydrogen (secondary N) is 2. The highest BCUT2D eigenvalue weighted by Crippen LogP contribution is 2.54. The second kappa shape index (κ2) is 56.4. The van der Waals surface area contributed by atoms with Crippen LogP contribution < -0.4 is 31.4 Å². The summed E-state index contributed by atoms with van der Waals surface area (Å²) in [6.45, 7) is 11.4. The Bertz CT molecular complexity index is 5600. The highest BCUT2D eigenvalue weighted by atomic mass is 32.2. The van der Waals surface area contributed by atoms with Gasteiger partial charge in [0.1, 0.15) is 16.4 Å². The van der Waals surface area contributed by atoms with Gasteiger partial charge in [-0.25, -0.2) is 4.79 Å². The highest BCUT2D eigenvalue weighted by molar-refractivity contribution is 7.87. The molecule has 7 aromatic carbocycles. The van der Waals surface area contributed by atoms with Crippen LogP contribution in [0, 0.1) is 0 Å². The van der Waals surface area contributed by atoms with E-state index in [4.69, 9.17) is 80.5 Å². The molecule has 36 nitrogen and oxygen atoms in total. The van der Waals surface area contributed by atoms with Crippen molar-refractivity contribution in [3.63, 3.8) is 0 Å². The molecule has 2 heterocycles. The van der Waals surface area contributed by atoms with Gasteiger partial charge < -0.3 is 96.1 Å². The first kappa shape index (κ1) is 110. The minimum absolute atomic E-state index is 0.0251. The molecule has 740 valence electrons. The van der Waals surface area contributed by atoms with Crippen LogP contribution in [0.4, 0.5) is 11.4 Å². The zero-order valence-corrected chi connectivity index (χ0v) is 81.0. The molecule has 9 rings (SSSR count). The lowest BCUT2D eigenvalue weighted by Gasteiger charge is -2.31. The van der Waals surface area contributed by atoms with Gasteiger partial charge in [-0.3, -0.25) is 27.8 Å². The summed E-state index contributed by atoms with van der Waals surface area (Å²) in [5.74, 6) is -1.19. The third kappa shape index (κ3) is 33.3. The number of hydrogen-bond acceptors (Lipinski definition) is 29. The van der Waals surface area contributed by atoms with Gasteiger partial charge in [0, 0.05) is 117 Å². The Labute approximate surface area is 790 Å². The monoisotopic (exact) mass is 1980 g/mol. The fraction of sp³-hybridized carbons (Fsp3) is 0.468. The predicted octanol–water partition coefficient (Wildman–Crippen LogP) is 8.08. The van der Waals surface area contributed by atoms with E-state index in [0.29, 0.717) is 129 Å². The number of methoxy groups -OCH3 is 4. The number of esters is 1. The second-order valence-electron chi connectivity index (χ2n) is 30.9. The van der Waals surface area contributed by atoms with E-state index >= 15 is 0 Å². The molecule has 2 amide bonds. The number of ether oxygens (including phenoxy) is 17. The van der Waals surface area contributed by atoms with Gasteiger partial charge in [-0.05, 0) is 122 Å². The van der Waals surface area contributed by atoms with Gasteiger partial charge in [0.15, 0.2) is 12.3 Å². The molecular weight excluding hydrogens is 1860 g/mol. The molecule has 0 saturated heterocycles. The summed E-state index contributed by atoms with van der Waals surface area (Å²) in [6, 6.07) is 34.4. The predicted molar refractivity (Wildman–Crippen MR) is 506 cm³/mol. The van der Waals surface area contributed by atoms with E-state index in [0.717, 1.165) is 16.7 Å². The van der Waals surface area contributed by atoms with Gasteiger partial charge in [-0.2, -0.15) is 38.2 Å². The summed E-state index contributed by atoms with van der Waals surface area (Å²) in [5, 5.41) is 8.39. The first-order valence-corrected chi connectivity index (χ1v) is 51.0. The van der Waals surface area contributed by atoms with E-state index in [9.17, 15) is 66.3 Å². The Morgan fingerprint density at radius 1 is 0.415 bits per heavy atom. The molecule has 6 N–H and O–H groups in total. The highest BCUT2D eigenvalue weighted by Gasteiger charge is 2.50. The van der Waals surface area contributed by atoms with E-state index in [1.165, 1.54) is 25.3 Å². The van der Waals surface area contributed by atoms with Gasteiger partial charge in [-0.1, -0.05) is 97.1 Å². The quantitative estimate of drug-likeness (QED) is 0.00523. The molecule has 7 aromatic rings. The number of anilines is 1. The maximum atomic E-state index is 13.5. The lowest BCUT2D eigenvalue weighted by Crippen LogP contribution is -2.35. The van der Waals surface area contributed by atoms with E-state index < -0.39 is 84.8 Å². The van der Waals surface area contributed by atoms with Crippen molar-refractivity contribution >= 4 is 121 Å². The molecule has 0 aromatic heterocycles. The van der Waals surface area contributed by atoms with Crippen molar-refractivity contribution in [3.8, 4) is 0 Å². The first-order valence-electron chi connectivity index (χ1n) is 43.9. The van der Waals surface area contributed by atoms with E-state index in [2.05, 4.69) is 10.6 Å². The van der Waals surface area contributed by atoms with Crippen molar-refractivity contribution in [1.29, 1.82) is 0 Å². The van der Waals surface area contributed by atoms with Crippen molar-refractivity contribution in [2.45, 2.75) is 63.5 Å². The smallest absolute Gasteiger partial charge is 0.338 e. The van der Waals surface area contributed by atoms with Crippen molar-refractivity contribution in [2.24, 2.45) is 0 Å². The van der Waals surface area contributed by atoms with Crippen LogP contribution in [0.25, 0.3) is 21.5 Å². The summed E-state index contributed by atoms with van der Waals surface area (Å²) in [4.78, 5) is 38.2. The van der Waals surface area contributed by atoms with Gasteiger partial charge in [0.25, 0.3) is 46.4 Å². The molecule has 0 bridgehead atoms. The van der Waals surface area contributed by atoms with Crippen LogP contribution >= 0.6 is 7.92 Å². The SMILES string of the molecule is COCCOCCOCCOCC[N+]1=C(/C=C/C=C/C=C/C=C2/N(CCOCCOCCOCCOCCC(=O)NCCNC(=O)c3ccc(C(=O)OC)c(P(c4ccccc4)c4ccccc4)c3)c3ccc4c(S(=O)(=O)O)cc(S(=O)(=O)O)cc4c3C2(C)CCOCCOCCOCCOC)C(C)(CCOCCOCCOCCOC)c2c1ccc1c(S(=O)(=O)O)cc(S(=O)(=O)O)cc21. The van der Waals surface area contributed by atoms with Crippen LogP contribution in [0.15, 0.2) is 195 Å². The number of allylic oxidation sites excluding steroid dienone is 8. The van der Waals surface area contributed by atoms with Crippen LogP contribution in [0.1, 0.15) is 65.0 Å². The number of nitrogens with zero attached hydrogens (tertiary/aromatic N) is 2. The molecule has 0 aliphatic carbocycles. The minimum atomic E-state index is -5.14. The molecule has 0 saturated carbocycles. The largest absolute Gasteiger partial charge is 0.465 e. The molecule has 0 radical (unpaired) electrons. The Kier molecular flexibility index (Phi) is 45.9. The second-order valence-corrected chi connectivity index (χ2v) is 38.7. The summed E-state index contributed by atoms with van der Waals surface area (Å²) in [7, 11) is -15.7. The molecule has 135 heavy (non-hydrogen) atoms. The maximum Gasteiger partial charge on any atom is 0.338 e. The van der Waals surface area contributed by atoms with E-state index in [1.54, 1.807) is 82.0 Å². The van der Waals surface area contributed by atoms with Gasteiger partial charge in [0.2, 0.25) is 11.6 Å². The Morgan fingerprint density at radius 2 is 0.830 bits per heavy atom. The molecule has 2 atom stereocenters. The number of hydrogen-bond donors (Lipinski definition) is 6. The van der Waals surface area contributed by atoms with Crippen LogP contribution in [-0.4, -0.2) is 326 Å². The van der Waals surface area contributed by atoms with Crippen LogP contribution in [0.5, 0.6) is 0 Å². The third-order valence-electron chi connectivity index (χ3n) is 21.8. The van der Waals surface area contributed by atoms with E-state index in [1.807, 2.05) is 96.1 Å². The van der Waals surface area contributed by atoms with Crippen molar-refractivity contribution in [3.05, 3.63) is 198 Å². The van der Waals surface area contributed by atoms with Crippen molar-refractivity contribution in [2.75, 3.05) is 251 Å². The normalized spacial score (nSPS) is 15.7. The maximum absolute atomic E-state index is 13.5. The number of carbonyl (C=O) groups excluding carboxylic acids is 3. The number of benzene rings is 7. The average Bonchev–Trinajstić information content (AvgIpc) is 1.57. The number of fused-ring (bicyclic) bond motifs is 6. The molecular formula is C94H124N4O32PS4+. The lowest BCUT2D eigenvalue weighted by molar-refractivity contribution is -0.442. The van der Waals surface area contributed by atoms with Crippen molar-refractivity contribution < 1.29 is 151 Å². The lowest BCUT2D eigenvalue weighted by atomic mass is 9.75. The van der Waals surface area contributed by atoms with Crippen molar-refractivity contribution in [1.82, 2.24) is 10.6 Å². The average molecular weight is 1980 g/mol. The van der Waals surface area contributed by atoms with Gasteiger partial charge in [-0.15, -0.1) is 0 Å². The Morgan fingerprint density at radius 3 is 1.30 bits per heavy atom. The Balaban J connectivity index is 0.890. The molecule has 2 aliphatic heterocycles. The van der Waals surface area contributed by atoms with Gasteiger partial charge in [0.05, 0.1) is 200 Å². The van der Waals surface area contributed by atoms with Crippen LogP contribution in [0.2, 0.25) is 0 Å². The topological polar surface area (TPSA) is 456 Å². The zero-order valence-electron chi connectivity index (χ0n) is 76.8. The van der Waals surface area contributed by atoms with Crippen LogP contribution in [-0.2, 0) is 137 Å². The summed E-state index contributed by atoms with van der Waals surface area (Å²) in [5.41, 5.74) is 1.49. The molecule has 0 fully saturated rings. The summed E-state index contributed by atoms with van der Waals surface area (Å²) in [6.07, 6.45) is 12.9. The van der Waals surface area contributed by atoms with E-state index in [-0.39, 0.29) is 204 Å². The fourth-order valence-corrected chi connectivity index (χ4v) is 20.5. The van der Waals surface area contributed by atoms with Gasteiger partial charge >= 0.3 is 5.97 Å². The minimum Gasteiger partial charge on any atom is -0.465 e. The molecule has 0 spiro atoms. The molecule has 41 heteroatoms. The summed E-state index contributed by atoms with van der Waals surface area (Å²) >= 11 is 0. The molecule has 2 aliphatic rings. The number of carbonyl (C=O) groups is 3. The Hall–Kier alpha value is -8.67. The number of rotatable bonds is 67. The third-order valence-corrected chi connectivity index (χ3v) is 27.7. The number of amides is 2. The standard InChI is InChI=1S/C94H123N4O32PS4/c1-93(31-38-119-49-54-127-61-58-123-45-42-114-3)86(97(35-40-121-51-56-129-63-60-125-47-44-116-5)81-28-26-76-79(89(81)93)67-74(132(102,103)104)69-84(76)134(108,109)110)22-16-8-7-9-17-23-87-94(2,32-39-120-50-55-128-62-59-124-46-43-115-4)90-80-68-75(133(105,106)107)70-85(135(111,112)113)77(80)27-29-82(90)98(87)36-41-122-52-57-130-65-64-126-53-48-118-37-30-88(99)95-33-34-96-91(100)71-24-25-78(92(101)117-6)83(66-71)131(72-18-12-10-13-19-72)73-20-14-11-15-21-73/h7-29,66-70H,30-65H2,1-6H3,(H5-,95,96,99,100,102,103,104,105,106,107,108,109,110,111,112,113)/p+1. The van der Waals surface area contributed by atoms with Crippen LogP contribution in [0.3, 0.4) is 0 Å². The molecule has 2 unspecified atom stereocenters. The zero-order chi connectivity index (χ0) is 97.1.